The summed E-state index contributed by atoms with van der Waals surface area (Å²) in [5.74, 6) is 1.52. The zero-order chi connectivity index (χ0) is 14.3. The van der Waals surface area contributed by atoms with Gasteiger partial charge in [-0.3, -0.25) is 0 Å². The van der Waals surface area contributed by atoms with Gasteiger partial charge in [-0.05, 0) is 11.2 Å². The lowest BCUT2D eigenvalue weighted by molar-refractivity contribution is 0.199. The van der Waals surface area contributed by atoms with Gasteiger partial charge < -0.3 is 10.1 Å². The van der Waals surface area contributed by atoms with Crippen molar-refractivity contribution in [2.75, 3.05) is 20.3 Å². The first-order valence-corrected chi connectivity index (χ1v) is 8.70. The molecule has 1 N–H and O–H groups in total. The number of methoxy groups -OCH3 is 1. The lowest BCUT2D eigenvalue weighted by atomic mass is 10.1. The molecule has 110 valence electrons. The predicted molar refractivity (Wildman–Crippen MR) is 86.2 cm³/mol. The number of aromatic nitrogens is 1. The van der Waals surface area contributed by atoms with Crippen molar-refractivity contribution in [1.29, 1.82) is 0 Å². The van der Waals surface area contributed by atoms with Crippen molar-refractivity contribution in [1.82, 2.24) is 10.3 Å². The number of rotatable bonds is 9. The Morgan fingerprint density at radius 3 is 2.63 bits per heavy atom. The monoisotopic (exact) mass is 302 g/mol. The molecule has 1 heterocycles. The van der Waals surface area contributed by atoms with Gasteiger partial charge in [0.25, 0.3) is 0 Å². The van der Waals surface area contributed by atoms with Crippen molar-refractivity contribution in [3.63, 3.8) is 0 Å². The van der Waals surface area contributed by atoms with E-state index in [1.807, 2.05) is 23.1 Å². The van der Waals surface area contributed by atoms with Crippen molar-refractivity contribution in [3.05, 3.63) is 15.6 Å². The molecule has 0 aliphatic carbocycles. The van der Waals surface area contributed by atoms with Crippen molar-refractivity contribution in [2.24, 2.45) is 0 Å². The summed E-state index contributed by atoms with van der Waals surface area (Å²) in [6, 6.07) is 0. The lowest BCUT2D eigenvalue weighted by Crippen LogP contribution is -2.18. The Hall–Kier alpha value is -0.100. The second-order valence-electron chi connectivity index (χ2n) is 5.10. The van der Waals surface area contributed by atoms with Gasteiger partial charge in [-0.15, -0.1) is 11.3 Å². The summed E-state index contributed by atoms with van der Waals surface area (Å²) in [5.41, 5.74) is 1.26. The molecule has 0 bridgehead atoms. The highest BCUT2D eigenvalue weighted by Crippen LogP contribution is 2.28. The first-order chi connectivity index (χ1) is 9.04. The zero-order valence-corrected chi connectivity index (χ0v) is 14.3. The maximum Gasteiger partial charge on any atom is 0.103 e. The number of hydrogen-bond acceptors (Lipinski definition) is 5. The number of ether oxygens (including phenoxy) is 1. The number of thioether (sulfide) groups is 1. The van der Waals surface area contributed by atoms with Gasteiger partial charge in [0, 0.05) is 30.8 Å². The minimum absolute atomic E-state index is 0.494. The summed E-state index contributed by atoms with van der Waals surface area (Å²) in [6.07, 6.45) is 0. The molecular formula is C14H26N2OS2. The van der Waals surface area contributed by atoms with Gasteiger partial charge in [0.05, 0.1) is 12.3 Å². The third kappa shape index (κ3) is 6.25. The van der Waals surface area contributed by atoms with Crippen LogP contribution in [-0.4, -0.2) is 30.5 Å². The quantitative estimate of drug-likeness (QED) is 0.706. The topological polar surface area (TPSA) is 34.1 Å². The average molecular weight is 303 g/mol. The fourth-order valence-electron chi connectivity index (χ4n) is 1.67. The molecule has 1 aromatic heterocycles. The van der Waals surface area contributed by atoms with Crippen LogP contribution in [0.1, 0.15) is 49.2 Å². The Kier molecular flexibility index (Phi) is 7.99. The summed E-state index contributed by atoms with van der Waals surface area (Å²) in [4.78, 5) is 6.19. The highest BCUT2D eigenvalue weighted by Gasteiger charge is 2.14. The maximum atomic E-state index is 5.05. The number of hydrogen-bond donors (Lipinski definition) is 1. The highest BCUT2D eigenvalue weighted by atomic mass is 32.2. The molecule has 0 unspecified atom stereocenters. The van der Waals surface area contributed by atoms with Crippen molar-refractivity contribution >= 4 is 23.1 Å². The number of nitrogens with zero attached hydrogens (tertiary/aromatic N) is 1. The second-order valence-corrected chi connectivity index (χ2v) is 7.83. The van der Waals surface area contributed by atoms with Crippen LogP contribution in [0.25, 0.3) is 0 Å². The van der Waals surface area contributed by atoms with Crippen LogP contribution in [0.2, 0.25) is 0 Å². The summed E-state index contributed by atoms with van der Waals surface area (Å²) in [7, 11) is 1.73. The van der Waals surface area contributed by atoms with Crippen LogP contribution in [-0.2, 0) is 17.0 Å². The Balaban J connectivity index is 2.61. The molecule has 0 fully saturated rings. The third-order valence-corrected chi connectivity index (χ3v) is 4.99. The molecule has 1 aromatic rings. The largest absolute Gasteiger partial charge is 0.383 e. The van der Waals surface area contributed by atoms with Gasteiger partial charge in [-0.2, -0.15) is 11.8 Å². The zero-order valence-electron chi connectivity index (χ0n) is 12.7. The molecule has 0 saturated heterocycles. The highest BCUT2D eigenvalue weighted by molar-refractivity contribution is 7.99. The van der Waals surface area contributed by atoms with Crippen LogP contribution in [0, 0.1) is 0 Å². The van der Waals surface area contributed by atoms with Gasteiger partial charge in [-0.1, -0.05) is 27.7 Å². The van der Waals surface area contributed by atoms with Gasteiger partial charge in [-0.25, -0.2) is 4.98 Å². The molecule has 1 rings (SSSR count). The van der Waals surface area contributed by atoms with E-state index in [1.54, 1.807) is 7.11 Å². The Morgan fingerprint density at radius 2 is 2.05 bits per heavy atom. The molecule has 0 amide bonds. The van der Waals surface area contributed by atoms with Crippen LogP contribution in [0.15, 0.2) is 0 Å². The molecule has 0 radical (unpaired) electrons. The van der Waals surface area contributed by atoms with Gasteiger partial charge in [0.1, 0.15) is 5.01 Å². The fraction of sp³-hybridized carbons (Fsp3) is 0.786. The summed E-state index contributed by atoms with van der Waals surface area (Å²) in [5, 5.41) is 5.33. The van der Waals surface area contributed by atoms with Gasteiger partial charge in [0.2, 0.25) is 0 Å². The molecule has 0 saturated carbocycles. The minimum atomic E-state index is 0.494. The van der Waals surface area contributed by atoms with E-state index in [0.29, 0.717) is 11.2 Å². The van der Waals surface area contributed by atoms with E-state index in [4.69, 9.17) is 9.72 Å². The molecule has 19 heavy (non-hydrogen) atoms. The minimum Gasteiger partial charge on any atom is -0.383 e. The number of thiazole rings is 1. The fourth-order valence-corrected chi connectivity index (χ4v) is 3.64. The molecule has 0 atom stereocenters. The van der Waals surface area contributed by atoms with E-state index in [9.17, 15) is 0 Å². The Labute approximate surface area is 125 Å². The molecule has 3 nitrogen and oxygen atoms in total. The van der Waals surface area contributed by atoms with E-state index >= 15 is 0 Å². The van der Waals surface area contributed by atoms with Crippen molar-refractivity contribution in [3.8, 4) is 0 Å². The molecule has 0 aliphatic heterocycles. The van der Waals surface area contributed by atoms with Gasteiger partial charge >= 0.3 is 0 Å². The van der Waals surface area contributed by atoms with Crippen LogP contribution in [0.5, 0.6) is 0 Å². The lowest BCUT2D eigenvalue weighted by Gasteiger charge is -2.06. The van der Waals surface area contributed by atoms with Crippen molar-refractivity contribution < 1.29 is 4.74 Å². The Bertz CT molecular complexity index is 364. The van der Waals surface area contributed by atoms with Crippen LogP contribution in [0.3, 0.4) is 0 Å². The normalized spacial score (nSPS) is 11.7. The SMILES string of the molecule is COCCNCc1sc(CSC(C)C)nc1C(C)C. The van der Waals surface area contributed by atoms with Gasteiger partial charge in [0.15, 0.2) is 0 Å². The van der Waals surface area contributed by atoms with E-state index in [2.05, 4.69) is 33.0 Å². The molecular weight excluding hydrogens is 276 g/mol. The third-order valence-electron chi connectivity index (χ3n) is 2.63. The summed E-state index contributed by atoms with van der Waals surface area (Å²) < 4.78 is 5.05. The standard InChI is InChI=1S/C14H26N2OS2/c1-10(2)14-12(8-15-6-7-17-5)19-13(16-14)9-18-11(3)4/h10-11,15H,6-9H2,1-5H3. The van der Waals surface area contributed by atoms with E-state index in [0.717, 1.165) is 25.4 Å². The predicted octanol–water partition coefficient (Wildman–Crippen LogP) is 3.64. The molecule has 0 aliphatic rings. The smallest absolute Gasteiger partial charge is 0.103 e. The maximum absolute atomic E-state index is 5.05. The molecule has 5 heteroatoms. The first kappa shape index (κ1) is 17.0. The number of nitrogens with one attached hydrogen (secondary N) is 1. The van der Waals surface area contributed by atoms with E-state index < -0.39 is 0 Å². The average Bonchev–Trinajstić information content (AvgIpc) is 2.76. The summed E-state index contributed by atoms with van der Waals surface area (Å²) >= 11 is 3.81. The molecule has 0 aromatic carbocycles. The Morgan fingerprint density at radius 1 is 1.32 bits per heavy atom. The van der Waals surface area contributed by atoms with Crippen LogP contribution >= 0.6 is 23.1 Å². The first-order valence-electron chi connectivity index (χ1n) is 6.84. The summed E-state index contributed by atoms with van der Waals surface area (Å²) in [6.45, 7) is 11.4. The van der Waals surface area contributed by atoms with Crippen molar-refractivity contribution in [2.45, 2.75) is 51.2 Å². The second kappa shape index (κ2) is 8.95. The van der Waals surface area contributed by atoms with E-state index in [-0.39, 0.29) is 0 Å². The van der Waals surface area contributed by atoms with Crippen LogP contribution in [0.4, 0.5) is 0 Å². The molecule has 0 spiro atoms. The van der Waals surface area contributed by atoms with Crippen LogP contribution < -0.4 is 5.32 Å². The van der Waals surface area contributed by atoms with E-state index in [1.165, 1.54) is 15.6 Å².